The number of benzene rings is 3. The van der Waals surface area contributed by atoms with Crippen LogP contribution in [0.2, 0.25) is 0 Å². The normalized spacial score (nSPS) is 13.1. The van der Waals surface area contributed by atoms with Gasteiger partial charge in [-0.05, 0) is 84.2 Å². The number of nitro groups is 1. The molecule has 0 aliphatic rings. The molecule has 0 aliphatic heterocycles. The van der Waals surface area contributed by atoms with Crippen molar-refractivity contribution in [3.05, 3.63) is 105 Å². The molecule has 1 heterocycles. The van der Waals surface area contributed by atoms with Crippen LogP contribution in [-0.4, -0.2) is 9.91 Å². The molecule has 0 amide bonds. The van der Waals surface area contributed by atoms with Crippen molar-refractivity contribution in [3.63, 3.8) is 0 Å². The topological polar surface area (TPSA) is 68.1 Å². The van der Waals surface area contributed by atoms with Crippen molar-refractivity contribution in [1.82, 2.24) is 4.98 Å². The summed E-state index contributed by atoms with van der Waals surface area (Å²) < 4.78 is 0. The van der Waals surface area contributed by atoms with Gasteiger partial charge in [0.2, 0.25) is 0 Å². The molecule has 4 rings (SSSR count). The van der Waals surface area contributed by atoms with Gasteiger partial charge in [-0.2, -0.15) is 0 Å². The van der Waals surface area contributed by atoms with E-state index in [2.05, 4.69) is 163 Å². The van der Waals surface area contributed by atoms with Crippen LogP contribution in [0.1, 0.15) is 132 Å². The lowest BCUT2D eigenvalue weighted by Gasteiger charge is -2.30. The summed E-state index contributed by atoms with van der Waals surface area (Å²) in [6.07, 6.45) is 2.93. The fraction of sp³-hybridized carbons (Fsp3) is 0.465. The van der Waals surface area contributed by atoms with Crippen molar-refractivity contribution in [2.24, 2.45) is 0 Å². The zero-order chi connectivity index (χ0) is 36.2. The van der Waals surface area contributed by atoms with Gasteiger partial charge in [-0.1, -0.05) is 140 Å². The molecule has 0 saturated carbocycles. The molecule has 4 aromatic rings. The standard InChI is InChI=1S/C43H57N3O2/c1-39(2,3)29-18-27(19-30(22-29)40(4,5)6)34-24-33(43(13,14)15)25-35(38(34)45-36-16-17-44-26-37(36)46(47)48)28-20-31(41(7,8)9)23-32(21-28)42(10,11)12/h16-26H,1-15H3,(H,44,45). The first-order chi connectivity index (χ1) is 21.8. The first kappa shape index (κ1) is 36.8. The molecule has 0 radical (unpaired) electrons. The van der Waals surface area contributed by atoms with Crippen LogP contribution in [0.15, 0.2) is 67.0 Å². The van der Waals surface area contributed by atoms with Gasteiger partial charge < -0.3 is 5.32 Å². The summed E-state index contributed by atoms with van der Waals surface area (Å²) in [5, 5.41) is 15.9. The third-order valence-electron chi connectivity index (χ3n) is 9.21. The summed E-state index contributed by atoms with van der Waals surface area (Å²) in [7, 11) is 0. The third-order valence-corrected chi connectivity index (χ3v) is 9.21. The highest BCUT2D eigenvalue weighted by atomic mass is 16.6. The van der Waals surface area contributed by atoms with Crippen LogP contribution in [-0.2, 0) is 27.1 Å². The lowest BCUT2D eigenvalue weighted by molar-refractivity contribution is -0.384. The summed E-state index contributed by atoms with van der Waals surface area (Å²) in [4.78, 5) is 16.0. The summed E-state index contributed by atoms with van der Waals surface area (Å²) in [5.74, 6) is 0. The zero-order valence-corrected chi connectivity index (χ0v) is 32.1. The monoisotopic (exact) mass is 647 g/mol. The van der Waals surface area contributed by atoms with Crippen molar-refractivity contribution in [3.8, 4) is 22.3 Å². The Morgan fingerprint density at radius 1 is 0.542 bits per heavy atom. The van der Waals surface area contributed by atoms with Crippen molar-refractivity contribution >= 4 is 17.1 Å². The minimum Gasteiger partial charge on any atom is -0.349 e. The van der Waals surface area contributed by atoms with Crippen LogP contribution in [0, 0.1) is 10.1 Å². The molecule has 256 valence electrons. The van der Waals surface area contributed by atoms with E-state index in [0.29, 0.717) is 5.69 Å². The molecule has 5 nitrogen and oxygen atoms in total. The van der Waals surface area contributed by atoms with Gasteiger partial charge in [-0.15, -0.1) is 0 Å². The van der Waals surface area contributed by atoms with E-state index in [1.807, 2.05) is 0 Å². The Hall–Kier alpha value is -3.99. The van der Waals surface area contributed by atoms with Crippen molar-refractivity contribution in [2.75, 3.05) is 5.32 Å². The molecular formula is C43H57N3O2. The Kier molecular flexibility index (Phi) is 9.57. The van der Waals surface area contributed by atoms with Gasteiger partial charge in [0.25, 0.3) is 0 Å². The van der Waals surface area contributed by atoms with Gasteiger partial charge in [-0.3, -0.25) is 15.1 Å². The van der Waals surface area contributed by atoms with E-state index in [1.54, 1.807) is 12.3 Å². The third kappa shape index (κ3) is 8.17. The fourth-order valence-corrected chi connectivity index (χ4v) is 5.74. The Bertz CT molecular complexity index is 1670. The maximum atomic E-state index is 12.3. The summed E-state index contributed by atoms with van der Waals surface area (Å²) >= 11 is 0. The Morgan fingerprint density at radius 2 is 0.875 bits per heavy atom. The van der Waals surface area contributed by atoms with E-state index in [4.69, 9.17) is 0 Å². The maximum absolute atomic E-state index is 12.3. The highest BCUT2D eigenvalue weighted by Gasteiger charge is 2.28. The van der Waals surface area contributed by atoms with Crippen LogP contribution in [0.25, 0.3) is 22.3 Å². The highest BCUT2D eigenvalue weighted by molar-refractivity contribution is 5.95. The predicted octanol–water partition coefficient (Wildman–Crippen LogP) is 12.6. The largest absolute Gasteiger partial charge is 0.349 e. The maximum Gasteiger partial charge on any atom is 0.310 e. The molecule has 48 heavy (non-hydrogen) atoms. The van der Waals surface area contributed by atoms with E-state index in [-0.39, 0.29) is 37.7 Å². The number of anilines is 2. The molecular weight excluding hydrogens is 590 g/mol. The van der Waals surface area contributed by atoms with E-state index in [1.165, 1.54) is 34.0 Å². The number of rotatable bonds is 5. The SMILES string of the molecule is CC(C)(C)c1cc(-c2cc(C(C)(C)C)cc(-c3cc(C(C)(C)C)cc(C(C)(C)C)c3)c2Nc2ccncc2[N+](=O)[O-])cc(C(C)(C)C)c1. The minimum absolute atomic E-state index is 0.0630. The number of hydrogen-bond donors (Lipinski definition) is 1. The minimum atomic E-state index is -0.367. The molecule has 0 unspecified atom stereocenters. The summed E-state index contributed by atoms with van der Waals surface area (Å²) in [6, 6.07) is 20.2. The second-order valence-electron chi connectivity index (χ2n) is 18.6. The van der Waals surface area contributed by atoms with Crippen LogP contribution in [0.4, 0.5) is 17.1 Å². The number of pyridine rings is 1. The second-order valence-corrected chi connectivity index (χ2v) is 18.6. The lowest BCUT2D eigenvalue weighted by atomic mass is 9.76. The smallest absolute Gasteiger partial charge is 0.310 e. The van der Waals surface area contributed by atoms with E-state index >= 15 is 0 Å². The van der Waals surface area contributed by atoms with E-state index in [0.717, 1.165) is 27.9 Å². The molecule has 5 heteroatoms. The molecule has 0 spiro atoms. The Labute approximate surface area is 289 Å². The lowest BCUT2D eigenvalue weighted by Crippen LogP contribution is -2.17. The average Bonchev–Trinajstić information content (AvgIpc) is 2.94. The van der Waals surface area contributed by atoms with Gasteiger partial charge in [0.05, 0.1) is 10.6 Å². The zero-order valence-electron chi connectivity index (χ0n) is 32.1. The van der Waals surface area contributed by atoms with Crippen LogP contribution < -0.4 is 5.32 Å². The molecule has 0 saturated heterocycles. The van der Waals surface area contributed by atoms with E-state index < -0.39 is 0 Å². The average molecular weight is 648 g/mol. The molecule has 1 N–H and O–H groups in total. The van der Waals surface area contributed by atoms with Gasteiger partial charge >= 0.3 is 5.69 Å². The van der Waals surface area contributed by atoms with Crippen molar-refractivity contribution in [2.45, 2.75) is 131 Å². The van der Waals surface area contributed by atoms with Crippen LogP contribution in [0.5, 0.6) is 0 Å². The Balaban J connectivity index is 2.26. The molecule has 3 aromatic carbocycles. The number of aromatic nitrogens is 1. The van der Waals surface area contributed by atoms with Crippen LogP contribution in [0.3, 0.4) is 0 Å². The van der Waals surface area contributed by atoms with E-state index in [9.17, 15) is 10.1 Å². The van der Waals surface area contributed by atoms with Crippen molar-refractivity contribution in [1.29, 1.82) is 0 Å². The van der Waals surface area contributed by atoms with Gasteiger partial charge in [-0.25, -0.2) is 0 Å². The molecule has 0 bridgehead atoms. The molecule has 0 aliphatic carbocycles. The fourth-order valence-electron chi connectivity index (χ4n) is 5.74. The molecule has 0 fully saturated rings. The number of hydrogen-bond acceptors (Lipinski definition) is 4. The summed E-state index contributed by atoms with van der Waals surface area (Å²) in [6.45, 7) is 33.7. The van der Waals surface area contributed by atoms with Gasteiger partial charge in [0.1, 0.15) is 11.9 Å². The van der Waals surface area contributed by atoms with Crippen molar-refractivity contribution < 1.29 is 4.92 Å². The Morgan fingerprint density at radius 3 is 1.19 bits per heavy atom. The first-order valence-corrected chi connectivity index (χ1v) is 17.1. The first-order valence-electron chi connectivity index (χ1n) is 17.1. The predicted molar refractivity (Wildman–Crippen MR) is 205 cm³/mol. The van der Waals surface area contributed by atoms with Gasteiger partial charge in [0.15, 0.2) is 0 Å². The second kappa shape index (κ2) is 12.5. The molecule has 1 aromatic heterocycles. The number of nitrogens with one attached hydrogen (secondary N) is 1. The quantitative estimate of drug-likeness (QED) is 0.173. The van der Waals surface area contributed by atoms with Crippen LogP contribution >= 0.6 is 0 Å². The van der Waals surface area contributed by atoms with Gasteiger partial charge in [0, 0.05) is 17.3 Å². The highest BCUT2D eigenvalue weighted by Crippen LogP contribution is 2.46. The molecule has 0 atom stereocenters. The number of nitrogens with zero attached hydrogens (tertiary/aromatic N) is 2. The summed E-state index contributed by atoms with van der Waals surface area (Å²) in [5.41, 5.74) is 11.1.